The van der Waals surface area contributed by atoms with Crippen molar-refractivity contribution in [3.63, 3.8) is 0 Å². The van der Waals surface area contributed by atoms with E-state index < -0.39 is 0 Å². The van der Waals surface area contributed by atoms with Crippen LogP contribution in [0.1, 0.15) is 0 Å². The molecule has 50 heavy (non-hydrogen) atoms. The summed E-state index contributed by atoms with van der Waals surface area (Å²) >= 11 is 1.78. The van der Waals surface area contributed by atoms with E-state index in [9.17, 15) is 0 Å². The number of hydrogen-bond acceptors (Lipinski definition) is 5. The van der Waals surface area contributed by atoms with E-state index in [1.807, 2.05) is 36.4 Å². The molecule has 0 aliphatic heterocycles. The molecule has 0 saturated carbocycles. The molecule has 0 atom stereocenters. The zero-order chi connectivity index (χ0) is 33.0. The summed E-state index contributed by atoms with van der Waals surface area (Å²) in [6.07, 6.45) is 0. The van der Waals surface area contributed by atoms with Crippen LogP contribution in [-0.2, 0) is 0 Å². The molecule has 0 aliphatic rings. The Balaban J connectivity index is 1.06. The highest BCUT2D eigenvalue weighted by Crippen LogP contribution is 2.40. The van der Waals surface area contributed by atoms with Gasteiger partial charge in [0.15, 0.2) is 17.5 Å². The lowest BCUT2D eigenvalue weighted by Crippen LogP contribution is -2.00. The average molecular weight is 658 g/mol. The monoisotopic (exact) mass is 657 g/mol. The van der Waals surface area contributed by atoms with Crippen LogP contribution >= 0.6 is 11.3 Å². The van der Waals surface area contributed by atoms with Crippen molar-refractivity contribution in [1.82, 2.24) is 15.0 Å². The molecule has 0 fully saturated rings. The van der Waals surface area contributed by atoms with Crippen molar-refractivity contribution in [1.29, 1.82) is 0 Å². The topological polar surface area (TPSA) is 51.8 Å². The first-order chi connectivity index (χ1) is 24.8. The van der Waals surface area contributed by atoms with Crippen LogP contribution in [0.15, 0.2) is 168 Å². The van der Waals surface area contributed by atoms with Gasteiger partial charge in [-0.1, -0.05) is 140 Å². The van der Waals surface area contributed by atoms with Gasteiger partial charge < -0.3 is 4.42 Å². The third-order valence-electron chi connectivity index (χ3n) is 9.37. The molecular formula is C45H27N3OS. The largest absolute Gasteiger partial charge is 0.455 e. The smallest absolute Gasteiger partial charge is 0.165 e. The maximum absolute atomic E-state index is 6.53. The minimum absolute atomic E-state index is 0.639. The summed E-state index contributed by atoms with van der Waals surface area (Å²) in [4.78, 5) is 15.1. The van der Waals surface area contributed by atoms with Crippen molar-refractivity contribution in [2.45, 2.75) is 0 Å². The van der Waals surface area contributed by atoms with Crippen molar-refractivity contribution < 1.29 is 4.42 Å². The Kier molecular flexibility index (Phi) is 6.64. The SMILES string of the molecule is c1ccc(-c2nc(-c3ccc(-c4ccc5c(c4)oc4c(-c6ccccc6)cccc45)cc3)nc(-c3cccc4c3sc3ccccc34)n2)cc1. The fourth-order valence-corrected chi connectivity index (χ4v) is 8.11. The summed E-state index contributed by atoms with van der Waals surface area (Å²) in [7, 11) is 0. The summed E-state index contributed by atoms with van der Waals surface area (Å²) in [6.45, 7) is 0. The Morgan fingerprint density at radius 3 is 1.74 bits per heavy atom. The van der Waals surface area contributed by atoms with Gasteiger partial charge in [0, 0.05) is 53.2 Å². The second-order valence-electron chi connectivity index (χ2n) is 12.4. The molecular weight excluding hydrogens is 631 g/mol. The fourth-order valence-electron chi connectivity index (χ4n) is 6.90. The van der Waals surface area contributed by atoms with Gasteiger partial charge in [-0.05, 0) is 41.0 Å². The van der Waals surface area contributed by atoms with Gasteiger partial charge in [-0.2, -0.15) is 0 Å². The van der Waals surface area contributed by atoms with Gasteiger partial charge in [0.05, 0.1) is 0 Å². The van der Waals surface area contributed by atoms with E-state index in [-0.39, 0.29) is 0 Å². The number of hydrogen-bond donors (Lipinski definition) is 0. The minimum Gasteiger partial charge on any atom is -0.455 e. The number of fused-ring (bicyclic) bond motifs is 6. The standard InChI is InChI=1S/C45H27N3OS/c1-3-11-29(12-4-1)33-16-9-17-36-34-26-25-32(27-39(34)49-41(33)36)28-21-23-31(24-22-28)44-46-43(30-13-5-2-6-14-30)47-45(48-44)38-19-10-18-37-35-15-7-8-20-40(35)50-42(37)38/h1-27H. The second kappa shape index (κ2) is 11.6. The average Bonchev–Trinajstić information content (AvgIpc) is 3.77. The lowest BCUT2D eigenvalue weighted by atomic mass is 10.0. The highest BCUT2D eigenvalue weighted by atomic mass is 32.1. The Morgan fingerprint density at radius 1 is 0.380 bits per heavy atom. The number of thiophene rings is 1. The van der Waals surface area contributed by atoms with Crippen molar-refractivity contribution in [3.05, 3.63) is 164 Å². The van der Waals surface area contributed by atoms with Gasteiger partial charge >= 0.3 is 0 Å². The predicted octanol–water partition coefficient (Wildman–Crippen LogP) is 12.5. The predicted molar refractivity (Wildman–Crippen MR) is 207 cm³/mol. The first-order valence-electron chi connectivity index (χ1n) is 16.6. The highest BCUT2D eigenvalue weighted by molar-refractivity contribution is 7.26. The summed E-state index contributed by atoms with van der Waals surface area (Å²) in [6, 6.07) is 56.8. The van der Waals surface area contributed by atoms with E-state index >= 15 is 0 Å². The minimum atomic E-state index is 0.639. The molecule has 0 unspecified atom stereocenters. The fraction of sp³-hybridized carbons (Fsp3) is 0. The van der Waals surface area contributed by atoms with Gasteiger partial charge in [-0.3, -0.25) is 0 Å². The van der Waals surface area contributed by atoms with Crippen molar-refractivity contribution in [2.24, 2.45) is 0 Å². The van der Waals surface area contributed by atoms with Crippen molar-refractivity contribution in [3.8, 4) is 56.4 Å². The molecule has 0 amide bonds. The van der Waals surface area contributed by atoms with Crippen LogP contribution in [0.2, 0.25) is 0 Å². The van der Waals surface area contributed by atoms with E-state index in [0.29, 0.717) is 17.5 Å². The van der Waals surface area contributed by atoms with E-state index in [0.717, 1.165) is 60.9 Å². The molecule has 0 saturated heterocycles. The first kappa shape index (κ1) is 28.6. The van der Waals surface area contributed by atoms with Gasteiger partial charge in [0.25, 0.3) is 0 Å². The molecule has 0 radical (unpaired) electrons. The molecule has 234 valence electrons. The van der Waals surface area contributed by atoms with Crippen LogP contribution in [0, 0.1) is 0 Å². The highest BCUT2D eigenvalue weighted by Gasteiger charge is 2.17. The normalized spacial score (nSPS) is 11.6. The molecule has 4 nitrogen and oxygen atoms in total. The van der Waals surface area contributed by atoms with Gasteiger partial charge in [-0.15, -0.1) is 11.3 Å². The molecule has 3 aromatic heterocycles. The van der Waals surface area contributed by atoms with E-state index in [2.05, 4.69) is 127 Å². The van der Waals surface area contributed by atoms with E-state index in [4.69, 9.17) is 19.4 Å². The number of furan rings is 1. The molecule has 0 bridgehead atoms. The Morgan fingerprint density at radius 2 is 0.960 bits per heavy atom. The molecule has 3 heterocycles. The Hall–Kier alpha value is -6.43. The molecule has 0 spiro atoms. The summed E-state index contributed by atoms with van der Waals surface area (Å²) in [5.74, 6) is 1.96. The molecule has 0 N–H and O–H groups in total. The maximum Gasteiger partial charge on any atom is 0.165 e. The zero-order valence-electron chi connectivity index (χ0n) is 26.7. The maximum atomic E-state index is 6.53. The van der Waals surface area contributed by atoms with Crippen molar-refractivity contribution in [2.75, 3.05) is 0 Å². The zero-order valence-corrected chi connectivity index (χ0v) is 27.6. The van der Waals surface area contributed by atoms with Gasteiger partial charge in [-0.25, -0.2) is 15.0 Å². The second-order valence-corrected chi connectivity index (χ2v) is 13.4. The molecule has 0 aliphatic carbocycles. The third kappa shape index (κ3) is 4.79. The molecule has 5 heteroatoms. The van der Waals surface area contributed by atoms with Crippen LogP contribution in [0.4, 0.5) is 0 Å². The quantitative estimate of drug-likeness (QED) is 0.185. The number of para-hydroxylation sites is 1. The number of nitrogens with zero attached hydrogens (tertiary/aromatic N) is 3. The van der Waals surface area contributed by atoms with Gasteiger partial charge in [0.1, 0.15) is 11.2 Å². The summed E-state index contributed by atoms with van der Waals surface area (Å²) in [5, 5.41) is 4.70. The molecule has 10 aromatic rings. The molecule has 10 rings (SSSR count). The lowest BCUT2D eigenvalue weighted by molar-refractivity contribution is 0.670. The van der Waals surface area contributed by atoms with Crippen LogP contribution < -0.4 is 0 Å². The van der Waals surface area contributed by atoms with Crippen LogP contribution in [-0.4, -0.2) is 15.0 Å². The lowest BCUT2D eigenvalue weighted by Gasteiger charge is -2.10. The van der Waals surface area contributed by atoms with Gasteiger partial charge in [0.2, 0.25) is 0 Å². The van der Waals surface area contributed by atoms with E-state index in [1.165, 1.54) is 20.2 Å². The third-order valence-corrected chi connectivity index (χ3v) is 10.6. The number of rotatable bonds is 5. The number of benzene rings is 7. The Labute approximate surface area is 292 Å². The first-order valence-corrected chi connectivity index (χ1v) is 17.4. The van der Waals surface area contributed by atoms with Crippen LogP contribution in [0.5, 0.6) is 0 Å². The summed E-state index contributed by atoms with van der Waals surface area (Å²) < 4.78 is 8.96. The van der Waals surface area contributed by atoms with Crippen LogP contribution in [0.3, 0.4) is 0 Å². The molecule has 7 aromatic carbocycles. The van der Waals surface area contributed by atoms with E-state index in [1.54, 1.807) is 11.3 Å². The van der Waals surface area contributed by atoms with Crippen LogP contribution in [0.25, 0.3) is 98.5 Å². The van der Waals surface area contributed by atoms with Crippen molar-refractivity contribution >= 4 is 53.4 Å². The summed E-state index contributed by atoms with van der Waals surface area (Å²) in [5.41, 5.74) is 9.08. The Bertz CT molecular complexity index is 2860. The number of aromatic nitrogens is 3.